The molecule has 1 aliphatic rings. The van der Waals surface area contributed by atoms with E-state index in [2.05, 4.69) is 9.88 Å². The van der Waals surface area contributed by atoms with Crippen LogP contribution in [0.1, 0.15) is 5.82 Å². The van der Waals surface area contributed by atoms with Gasteiger partial charge in [-0.15, -0.1) is 22.7 Å². The molecule has 1 aromatic carbocycles. The van der Waals surface area contributed by atoms with E-state index in [-0.39, 0.29) is 11.6 Å². The predicted molar refractivity (Wildman–Crippen MR) is 113 cm³/mol. The third-order valence-electron chi connectivity index (χ3n) is 4.80. The summed E-state index contributed by atoms with van der Waals surface area (Å²) in [6, 6.07) is 7.22. The van der Waals surface area contributed by atoms with E-state index in [9.17, 15) is 8.78 Å². The number of aromatic nitrogens is 2. The summed E-state index contributed by atoms with van der Waals surface area (Å²) < 4.78 is 38.9. The molecule has 0 atom stereocenters. The monoisotopic (exact) mass is 445 g/mol. The van der Waals surface area contributed by atoms with Crippen LogP contribution in [0.15, 0.2) is 41.1 Å². The smallest absolute Gasteiger partial charge is 0.232 e. The number of thiophene rings is 2. The van der Waals surface area contributed by atoms with Crippen LogP contribution in [-0.4, -0.2) is 41.2 Å². The molecule has 0 amide bonds. The molecule has 9 heteroatoms. The highest BCUT2D eigenvalue weighted by molar-refractivity contribution is 7.18. The topological polar surface area (TPSA) is 47.5 Å². The quantitative estimate of drug-likeness (QED) is 0.416. The third-order valence-corrected chi connectivity index (χ3v) is 6.58. The number of hydrogen-bond donors (Lipinski definition) is 0. The molecule has 0 spiro atoms. The largest absolute Gasteiger partial charge is 0.435 e. The molecule has 0 radical (unpaired) electrons. The number of rotatable bonds is 5. The summed E-state index contributed by atoms with van der Waals surface area (Å²) in [5.74, 6) is -0.628. The molecule has 4 aromatic rings. The highest BCUT2D eigenvalue weighted by Gasteiger charge is 2.20. The zero-order chi connectivity index (χ0) is 20.5. The second-order valence-electron chi connectivity index (χ2n) is 6.82. The summed E-state index contributed by atoms with van der Waals surface area (Å²) >= 11 is 3.10. The van der Waals surface area contributed by atoms with E-state index in [1.165, 1.54) is 23.5 Å². The molecule has 0 bridgehead atoms. The Morgan fingerprint density at radius 1 is 1.10 bits per heavy atom. The predicted octanol–water partition coefficient (Wildman–Crippen LogP) is 5.32. The van der Waals surface area contributed by atoms with E-state index in [4.69, 9.17) is 14.5 Å². The van der Waals surface area contributed by atoms with Gasteiger partial charge in [-0.3, -0.25) is 4.90 Å². The Labute approximate surface area is 179 Å². The summed E-state index contributed by atoms with van der Waals surface area (Å²) in [5.41, 5.74) is 0.945. The molecule has 1 fully saturated rings. The maximum Gasteiger partial charge on any atom is 0.232 e. The van der Waals surface area contributed by atoms with Crippen LogP contribution in [0.2, 0.25) is 0 Å². The van der Waals surface area contributed by atoms with Crippen molar-refractivity contribution < 1.29 is 18.3 Å². The molecule has 0 unspecified atom stereocenters. The van der Waals surface area contributed by atoms with Gasteiger partial charge < -0.3 is 9.47 Å². The van der Waals surface area contributed by atoms with E-state index in [0.717, 1.165) is 39.8 Å². The highest BCUT2D eigenvalue weighted by Crippen LogP contribution is 2.41. The zero-order valence-corrected chi connectivity index (χ0v) is 17.4. The molecule has 1 aliphatic heterocycles. The van der Waals surface area contributed by atoms with Crippen molar-refractivity contribution in [1.29, 1.82) is 0 Å². The van der Waals surface area contributed by atoms with Crippen LogP contribution in [0.25, 0.3) is 20.7 Å². The Morgan fingerprint density at radius 3 is 2.73 bits per heavy atom. The number of fused-ring (bicyclic) bond motifs is 1. The van der Waals surface area contributed by atoms with Crippen LogP contribution < -0.4 is 4.74 Å². The number of ether oxygens (including phenoxy) is 2. The van der Waals surface area contributed by atoms with Gasteiger partial charge in [0.1, 0.15) is 16.5 Å². The summed E-state index contributed by atoms with van der Waals surface area (Å²) in [5, 5.41) is 4.74. The Balaban J connectivity index is 1.59. The molecule has 4 heterocycles. The average Bonchev–Trinajstić information content (AvgIpc) is 3.40. The van der Waals surface area contributed by atoms with Gasteiger partial charge in [-0.05, 0) is 23.6 Å². The number of morpholine rings is 1. The molecule has 154 valence electrons. The third kappa shape index (κ3) is 3.93. The van der Waals surface area contributed by atoms with Crippen LogP contribution in [-0.2, 0) is 11.3 Å². The van der Waals surface area contributed by atoms with Crippen molar-refractivity contribution >= 4 is 32.9 Å². The maximum absolute atomic E-state index is 14.3. The molecule has 0 N–H and O–H groups in total. The second-order valence-corrected chi connectivity index (χ2v) is 8.62. The van der Waals surface area contributed by atoms with Crippen LogP contribution >= 0.6 is 22.7 Å². The fourth-order valence-electron chi connectivity index (χ4n) is 3.33. The number of hydrogen-bond acceptors (Lipinski definition) is 7. The lowest BCUT2D eigenvalue weighted by atomic mass is 10.2. The lowest BCUT2D eigenvalue weighted by Gasteiger charge is -2.25. The summed E-state index contributed by atoms with van der Waals surface area (Å²) in [6.07, 6.45) is 0. The van der Waals surface area contributed by atoms with E-state index in [0.29, 0.717) is 25.6 Å². The van der Waals surface area contributed by atoms with E-state index in [1.807, 2.05) is 22.9 Å². The highest BCUT2D eigenvalue weighted by atomic mass is 32.1. The Hall–Kier alpha value is -2.46. The van der Waals surface area contributed by atoms with E-state index in [1.54, 1.807) is 11.3 Å². The van der Waals surface area contributed by atoms with Crippen LogP contribution in [0, 0.1) is 11.6 Å². The lowest BCUT2D eigenvalue weighted by Crippen LogP contribution is -2.36. The molecule has 3 aromatic heterocycles. The first kappa shape index (κ1) is 19.5. The van der Waals surface area contributed by atoms with Crippen molar-refractivity contribution in [3.05, 3.63) is 58.6 Å². The fraction of sp³-hybridized carbons (Fsp3) is 0.238. The Morgan fingerprint density at radius 2 is 1.97 bits per heavy atom. The molecule has 0 saturated carbocycles. The fourth-order valence-corrected chi connectivity index (χ4v) is 5.10. The molecule has 1 saturated heterocycles. The Kier molecular flexibility index (Phi) is 5.43. The minimum Gasteiger partial charge on any atom is -0.435 e. The molecule has 5 rings (SSSR count). The standard InChI is InChI=1S/C21H17F2N3O2S2/c22-13-3-4-16(15(23)10-13)28-20-19-14(17-2-1-9-29-17)12-30-21(19)25-18(24-20)11-26-5-7-27-8-6-26/h1-4,9-10,12H,5-8,11H2. The first-order chi connectivity index (χ1) is 14.7. The van der Waals surface area contributed by atoms with Gasteiger partial charge in [-0.1, -0.05) is 6.07 Å². The zero-order valence-electron chi connectivity index (χ0n) is 15.8. The van der Waals surface area contributed by atoms with Gasteiger partial charge in [0, 0.05) is 35.0 Å². The van der Waals surface area contributed by atoms with Gasteiger partial charge in [0.15, 0.2) is 11.6 Å². The maximum atomic E-state index is 14.3. The van der Waals surface area contributed by atoms with E-state index < -0.39 is 11.6 Å². The van der Waals surface area contributed by atoms with Crippen molar-refractivity contribution in [2.75, 3.05) is 26.3 Å². The van der Waals surface area contributed by atoms with Crippen LogP contribution in [0.4, 0.5) is 8.78 Å². The van der Waals surface area contributed by atoms with E-state index >= 15 is 0 Å². The number of benzene rings is 1. The second kappa shape index (κ2) is 8.35. The summed E-state index contributed by atoms with van der Waals surface area (Å²) in [7, 11) is 0. The van der Waals surface area contributed by atoms with Crippen molar-refractivity contribution in [1.82, 2.24) is 14.9 Å². The molecular formula is C21H17F2N3O2S2. The normalized spacial score (nSPS) is 15.0. The van der Waals surface area contributed by atoms with Crippen molar-refractivity contribution in [2.24, 2.45) is 0 Å². The van der Waals surface area contributed by atoms with Gasteiger partial charge in [0.25, 0.3) is 0 Å². The van der Waals surface area contributed by atoms with Crippen molar-refractivity contribution in [2.45, 2.75) is 6.54 Å². The van der Waals surface area contributed by atoms with Gasteiger partial charge in [-0.2, -0.15) is 4.98 Å². The van der Waals surface area contributed by atoms with Gasteiger partial charge in [-0.25, -0.2) is 13.8 Å². The minimum atomic E-state index is -0.774. The average molecular weight is 446 g/mol. The van der Waals surface area contributed by atoms with Crippen molar-refractivity contribution in [3.8, 4) is 22.1 Å². The molecule has 5 nitrogen and oxygen atoms in total. The molecular weight excluding hydrogens is 428 g/mol. The van der Waals surface area contributed by atoms with Gasteiger partial charge >= 0.3 is 0 Å². The number of halogens is 2. The SMILES string of the molecule is Fc1ccc(Oc2nc(CN3CCOCC3)nc3scc(-c4cccs4)c23)c(F)c1. The van der Waals surface area contributed by atoms with Gasteiger partial charge in [0.2, 0.25) is 5.88 Å². The molecule has 0 aliphatic carbocycles. The Bertz CT molecular complexity index is 1170. The van der Waals surface area contributed by atoms with Crippen molar-refractivity contribution in [3.63, 3.8) is 0 Å². The van der Waals surface area contributed by atoms with Gasteiger partial charge in [0.05, 0.1) is 25.1 Å². The van der Waals surface area contributed by atoms with Crippen LogP contribution in [0.5, 0.6) is 11.6 Å². The molecule has 30 heavy (non-hydrogen) atoms. The number of nitrogens with zero attached hydrogens (tertiary/aromatic N) is 3. The first-order valence-corrected chi connectivity index (χ1v) is 11.2. The summed E-state index contributed by atoms with van der Waals surface area (Å²) in [4.78, 5) is 13.4. The van der Waals surface area contributed by atoms with Crippen LogP contribution in [0.3, 0.4) is 0 Å². The minimum absolute atomic E-state index is 0.0722. The summed E-state index contributed by atoms with van der Waals surface area (Å²) in [6.45, 7) is 3.50. The first-order valence-electron chi connectivity index (χ1n) is 9.42. The lowest BCUT2D eigenvalue weighted by molar-refractivity contribution is 0.0330.